The molecule has 0 aliphatic rings. The number of carbonyl (C=O) groups excluding carboxylic acids is 1. The van der Waals surface area contributed by atoms with Gasteiger partial charge in [0.15, 0.2) is 17.4 Å². The van der Waals surface area contributed by atoms with Crippen molar-refractivity contribution in [2.75, 3.05) is 0 Å². The van der Waals surface area contributed by atoms with Gasteiger partial charge in [0.25, 0.3) is 0 Å². The monoisotopic (exact) mass is 578 g/mol. The van der Waals surface area contributed by atoms with E-state index in [4.69, 9.17) is 11.2 Å². The quantitative estimate of drug-likeness (QED) is 0.119. The number of hydrogen-bond donors (Lipinski definition) is 0. The van der Waals surface area contributed by atoms with E-state index in [9.17, 15) is 26.7 Å². The highest BCUT2D eigenvalue weighted by molar-refractivity contribution is 14.1. The molecule has 0 bridgehead atoms. The van der Waals surface area contributed by atoms with E-state index in [2.05, 4.69) is 5.92 Å². The summed E-state index contributed by atoms with van der Waals surface area (Å²) in [5.74, 6) is -2.94. The molecule has 9 heteroatoms. The molecule has 2 aromatic carbocycles. The normalized spacial score (nSPS) is 11.1. The maximum Gasteiger partial charge on any atom is 0.422 e. The van der Waals surface area contributed by atoms with Crippen molar-refractivity contribution in [1.29, 1.82) is 0 Å². The SMILES string of the molecule is C#Cc1ccc(C(=O)Oc2c(I)c(F)c(C(F)(F)F)c(F)c2I)cc1. The van der Waals surface area contributed by atoms with Gasteiger partial charge in [0.05, 0.1) is 12.7 Å². The number of carbonyl (C=O) groups is 1. The van der Waals surface area contributed by atoms with Crippen LogP contribution in [0, 0.1) is 31.1 Å². The molecule has 0 aromatic heterocycles. The molecule has 0 heterocycles. The standard InChI is InChI=1S/C16H5F5I2O2/c1-2-7-3-5-8(6-4-7)15(24)25-14-12(22)10(17)9(16(19,20)21)11(18)13(14)23/h1,3-6H. The van der Waals surface area contributed by atoms with Crippen LogP contribution in [0.15, 0.2) is 24.3 Å². The van der Waals surface area contributed by atoms with Crippen LogP contribution in [0.1, 0.15) is 21.5 Å². The van der Waals surface area contributed by atoms with Crippen LogP contribution < -0.4 is 4.74 Å². The predicted molar refractivity (Wildman–Crippen MR) is 96.1 cm³/mol. The van der Waals surface area contributed by atoms with Crippen LogP contribution in [0.25, 0.3) is 0 Å². The number of terminal acetylenes is 1. The second-order valence-electron chi connectivity index (χ2n) is 4.57. The summed E-state index contributed by atoms with van der Waals surface area (Å²) in [6.45, 7) is 0. The molecule has 0 atom stereocenters. The van der Waals surface area contributed by atoms with Crippen LogP contribution in [0.4, 0.5) is 22.0 Å². The minimum atomic E-state index is -5.22. The number of rotatable bonds is 2. The van der Waals surface area contributed by atoms with Crippen molar-refractivity contribution in [2.45, 2.75) is 6.18 Å². The molecule has 0 N–H and O–H groups in total. The summed E-state index contributed by atoms with van der Waals surface area (Å²) in [7, 11) is 0. The molecule has 2 rings (SSSR count). The molecule has 2 aromatic rings. The van der Waals surface area contributed by atoms with E-state index in [1.165, 1.54) is 69.4 Å². The fourth-order valence-electron chi connectivity index (χ4n) is 1.80. The highest BCUT2D eigenvalue weighted by Gasteiger charge is 2.41. The van der Waals surface area contributed by atoms with Crippen LogP contribution >= 0.6 is 45.2 Å². The highest BCUT2D eigenvalue weighted by atomic mass is 127. The number of hydrogen-bond acceptors (Lipinski definition) is 2. The molecule has 0 fully saturated rings. The van der Waals surface area contributed by atoms with Gasteiger partial charge in [-0.05, 0) is 69.4 Å². The van der Waals surface area contributed by atoms with Crippen LogP contribution in [-0.2, 0) is 6.18 Å². The second kappa shape index (κ2) is 7.45. The van der Waals surface area contributed by atoms with Gasteiger partial charge >= 0.3 is 12.1 Å². The second-order valence-corrected chi connectivity index (χ2v) is 6.73. The molecule has 0 radical (unpaired) electrons. The molecule has 0 aliphatic carbocycles. The summed E-state index contributed by atoms with van der Waals surface area (Å²) in [6.07, 6.45) is -0.0422. The van der Waals surface area contributed by atoms with Gasteiger partial charge in [0.1, 0.15) is 5.56 Å². The molecule has 130 valence electrons. The molecule has 0 unspecified atom stereocenters. The van der Waals surface area contributed by atoms with Crippen molar-refractivity contribution in [3.8, 4) is 18.1 Å². The average molecular weight is 578 g/mol. The fraction of sp³-hybridized carbons (Fsp3) is 0.0625. The Hall–Kier alpha value is -1.42. The summed E-state index contributed by atoms with van der Waals surface area (Å²) >= 11 is 2.45. The zero-order valence-corrected chi connectivity index (χ0v) is 16.2. The van der Waals surface area contributed by atoms with Gasteiger partial charge < -0.3 is 4.74 Å². The maximum atomic E-state index is 14.0. The number of ether oxygens (including phenoxy) is 1. The summed E-state index contributed by atoms with van der Waals surface area (Å²) in [5, 5.41) is 0. The van der Waals surface area contributed by atoms with Gasteiger partial charge in [-0.3, -0.25) is 0 Å². The molecular weight excluding hydrogens is 573 g/mol. The third-order valence-corrected chi connectivity index (χ3v) is 4.92. The predicted octanol–water partition coefficient (Wildman–Crippen LogP) is 5.39. The smallest absolute Gasteiger partial charge is 0.420 e. The van der Waals surface area contributed by atoms with E-state index < -0.39 is 42.2 Å². The number of halogens is 7. The Morgan fingerprint density at radius 1 is 1.04 bits per heavy atom. The average Bonchev–Trinajstić information content (AvgIpc) is 2.55. The molecule has 0 saturated carbocycles. The molecule has 0 amide bonds. The van der Waals surface area contributed by atoms with E-state index in [0.717, 1.165) is 0 Å². The van der Waals surface area contributed by atoms with Crippen molar-refractivity contribution in [1.82, 2.24) is 0 Å². The first kappa shape index (κ1) is 19.9. The van der Waals surface area contributed by atoms with Crippen molar-refractivity contribution in [3.05, 3.63) is 59.7 Å². The Balaban J connectivity index is 2.46. The molecule has 0 aliphatic heterocycles. The van der Waals surface area contributed by atoms with Crippen molar-refractivity contribution < 1.29 is 31.5 Å². The zero-order valence-electron chi connectivity index (χ0n) is 11.8. The van der Waals surface area contributed by atoms with Gasteiger partial charge in [0, 0.05) is 5.56 Å². The van der Waals surface area contributed by atoms with Crippen LogP contribution in [-0.4, -0.2) is 5.97 Å². The minimum absolute atomic E-state index is 0.0197. The number of alkyl halides is 3. The Morgan fingerprint density at radius 3 is 1.92 bits per heavy atom. The Bertz CT molecular complexity index is 854. The zero-order chi connectivity index (χ0) is 18.9. The Kier molecular flexibility index (Phi) is 5.93. The first-order valence-corrected chi connectivity index (χ1v) is 8.45. The fourth-order valence-corrected chi connectivity index (χ4v) is 3.62. The van der Waals surface area contributed by atoms with Gasteiger partial charge in [-0.15, -0.1) is 6.42 Å². The number of esters is 1. The first-order chi connectivity index (χ1) is 11.6. The van der Waals surface area contributed by atoms with Crippen LogP contribution in [0.5, 0.6) is 5.75 Å². The van der Waals surface area contributed by atoms with Crippen LogP contribution in [0.3, 0.4) is 0 Å². The Labute approximate surface area is 166 Å². The largest absolute Gasteiger partial charge is 0.422 e. The third-order valence-electron chi connectivity index (χ3n) is 2.99. The number of benzene rings is 2. The lowest BCUT2D eigenvalue weighted by molar-refractivity contribution is -0.142. The summed E-state index contributed by atoms with van der Waals surface area (Å²) in [6, 6.07) is 5.54. The molecule has 25 heavy (non-hydrogen) atoms. The topological polar surface area (TPSA) is 26.3 Å². The first-order valence-electron chi connectivity index (χ1n) is 6.30. The van der Waals surface area contributed by atoms with Crippen molar-refractivity contribution >= 4 is 51.2 Å². The van der Waals surface area contributed by atoms with E-state index in [1.807, 2.05) is 0 Å². The summed E-state index contributed by atoms with van der Waals surface area (Å²) in [5.41, 5.74) is -1.52. The lowest BCUT2D eigenvalue weighted by Crippen LogP contribution is -2.17. The highest BCUT2D eigenvalue weighted by Crippen LogP contribution is 2.41. The van der Waals surface area contributed by atoms with Crippen LogP contribution in [0.2, 0.25) is 0 Å². The molecule has 2 nitrogen and oxygen atoms in total. The summed E-state index contributed by atoms with van der Waals surface area (Å²) in [4.78, 5) is 12.1. The van der Waals surface area contributed by atoms with E-state index in [-0.39, 0.29) is 5.56 Å². The van der Waals surface area contributed by atoms with Gasteiger partial charge in [-0.2, -0.15) is 13.2 Å². The van der Waals surface area contributed by atoms with Crippen molar-refractivity contribution in [3.63, 3.8) is 0 Å². The Morgan fingerprint density at radius 2 is 1.52 bits per heavy atom. The van der Waals surface area contributed by atoms with Crippen molar-refractivity contribution in [2.24, 2.45) is 0 Å². The van der Waals surface area contributed by atoms with E-state index in [0.29, 0.717) is 5.56 Å². The molecule has 0 saturated heterocycles. The van der Waals surface area contributed by atoms with Gasteiger partial charge in [0.2, 0.25) is 0 Å². The third kappa shape index (κ3) is 4.05. The van der Waals surface area contributed by atoms with Gasteiger partial charge in [-0.25, -0.2) is 13.6 Å². The van der Waals surface area contributed by atoms with E-state index in [1.54, 1.807) is 0 Å². The molecule has 0 spiro atoms. The lowest BCUT2D eigenvalue weighted by atomic mass is 10.1. The van der Waals surface area contributed by atoms with E-state index >= 15 is 0 Å². The maximum absolute atomic E-state index is 14.0. The molecular formula is C16H5F5I2O2. The van der Waals surface area contributed by atoms with Gasteiger partial charge in [-0.1, -0.05) is 5.92 Å². The minimum Gasteiger partial charge on any atom is -0.420 e. The summed E-state index contributed by atoms with van der Waals surface area (Å²) < 4.78 is 69.9. The lowest BCUT2D eigenvalue weighted by Gasteiger charge is -2.15.